The molecule has 4 N–H and O–H groups in total. The smallest absolute Gasteiger partial charge is 0.131 e. The van der Waals surface area contributed by atoms with E-state index in [0.717, 1.165) is 44.5 Å². The van der Waals surface area contributed by atoms with E-state index in [1.807, 2.05) is 30.6 Å². The number of H-pyrrole nitrogens is 4. The van der Waals surface area contributed by atoms with Crippen molar-refractivity contribution in [2.45, 2.75) is 0 Å². The molecule has 0 saturated carbocycles. The molecule has 0 aliphatic carbocycles. The fourth-order valence-electron chi connectivity index (χ4n) is 4.06. The Labute approximate surface area is 186 Å². The van der Waals surface area contributed by atoms with Crippen LogP contribution in [0.15, 0.2) is 79.9 Å². The van der Waals surface area contributed by atoms with Crippen LogP contribution >= 0.6 is 0 Å². The highest BCUT2D eigenvalue weighted by Gasteiger charge is 2.19. The fourth-order valence-corrected chi connectivity index (χ4v) is 4.06. The van der Waals surface area contributed by atoms with Crippen molar-refractivity contribution in [3.8, 4) is 55.6 Å². The molecule has 4 aromatic heterocycles. The summed E-state index contributed by atoms with van der Waals surface area (Å²) in [7, 11) is 0. The van der Waals surface area contributed by atoms with Gasteiger partial charge in [-0.3, -0.25) is 20.4 Å². The first kappa shape index (κ1) is 18.9. The molecule has 0 amide bonds. The van der Waals surface area contributed by atoms with Gasteiger partial charge < -0.3 is 0 Å². The second kappa shape index (κ2) is 7.72. The topological polar surface area (TPSA) is 115 Å². The Balaban J connectivity index is 1.66. The van der Waals surface area contributed by atoms with E-state index in [1.165, 1.54) is 0 Å². The summed E-state index contributed by atoms with van der Waals surface area (Å²) in [6.45, 7) is 0. The molecule has 4 heterocycles. The van der Waals surface area contributed by atoms with Crippen molar-refractivity contribution in [2.75, 3.05) is 0 Å². The summed E-state index contributed by atoms with van der Waals surface area (Å²) in [5.41, 5.74) is 8.25. The second-order valence-corrected chi connectivity index (χ2v) is 7.59. The monoisotopic (exact) mass is 436 g/mol. The van der Waals surface area contributed by atoms with Gasteiger partial charge in [0.05, 0.1) is 24.8 Å². The van der Waals surface area contributed by atoms with Crippen molar-refractivity contribution in [2.24, 2.45) is 0 Å². The number of aromatic amines is 4. The normalized spacial score (nSPS) is 11.2. The van der Waals surface area contributed by atoms with Crippen molar-refractivity contribution < 1.29 is 4.39 Å². The highest BCUT2D eigenvalue weighted by atomic mass is 19.1. The van der Waals surface area contributed by atoms with Gasteiger partial charge in [-0.05, 0) is 46.0 Å². The van der Waals surface area contributed by atoms with Crippen LogP contribution in [0.25, 0.3) is 55.6 Å². The Bertz CT molecular complexity index is 1500. The molecule has 6 rings (SSSR count). The first-order valence-corrected chi connectivity index (χ1v) is 10.2. The first-order chi connectivity index (χ1) is 16.3. The van der Waals surface area contributed by atoms with E-state index < -0.39 is 0 Å². The number of aromatic nitrogens is 8. The summed E-state index contributed by atoms with van der Waals surface area (Å²) < 4.78 is 15.3. The molecule has 160 valence electrons. The maximum atomic E-state index is 15.3. The van der Waals surface area contributed by atoms with E-state index >= 15 is 4.39 Å². The van der Waals surface area contributed by atoms with Crippen molar-refractivity contribution in [1.29, 1.82) is 0 Å². The van der Waals surface area contributed by atoms with Crippen LogP contribution in [0.3, 0.4) is 0 Å². The number of nitrogens with one attached hydrogen (secondary N) is 4. The number of benzene rings is 2. The first-order valence-electron chi connectivity index (χ1n) is 10.2. The summed E-state index contributed by atoms with van der Waals surface area (Å²) in [5, 5.41) is 27.6. The van der Waals surface area contributed by atoms with Gasteiger partial charge in [0.1, 0.15) is 5.82 Å². The molecule has 0 bridgehead atoms. The van der Waals surface area contributed by atoms with Gasteiger partial charge in [-0.2, -0.15) is 20.4 Å². The highest BCUT2D eigenvalue weighted by molar-refractivity contribution is 5.95. The minimum Gasteiger partial charge on any atom is -0.285 e. The van der Waals surface area contributed by atoms with Gasteiger partial charge in [0.15, 0.2) is 0 Å². The molecule has 8 nitrogen and oxygen atoms in total. The molecule has 0 fully saturated rings. The number of hydrogen-bond donors (Lipinski definition) is 4. The van der Waals surface area contributed by atoms with Crippen LogP contribution in [-0.2, 0) is 0 Å². The minimum atomic E-state index is -0.341. The third-order valence-electron chi connectivity index (χ3n) is 5.68. The molecule has 0 unspecified atom stereocenters. The zero-order valence-electron chi connectivity index (χ0n) is 17.2. The van der Waals surface area contributed by atoms with E-state index in [9.17, 15) is 0 Å². The highest BCUT2D eigenvalue weighted by Crippen LogP contribution is 2.42. The van der Waals surface area contributed by atoms with Crippen LogP contribution in [0.2, 0.25) is 0 Å². The molecular weight excluding hydrogens is 419 g/mol. The van der Waals surface area contributed by atoms with Gasteiger partial charge >= 0.3 is 0 Å². The Hall–Kier alpha value is -4.79. The predicted molar refractivity (Wildman–Crippen MR) is 122 cm³/mol. The van der Waals surface area contributed by atoms with E-state index in [0.29, 0.717) is 11.1 Å². The predicted octanol–water partition coefficient (Wildman–Crippen LogP) is 5.05. The van der Waals surface area contributed by atoms with Gasteiger partial charge in [-0.1, -0.05) is 12.1 Å². The summed E-state index contributed by atoms with van der Waals surface area (Å²) in [6, 6.07) is 9.58. The molecule has 6 aromatic rings. The maximum Gasteiger partial charge on any atom is 0.131 e. The molecule has 9 heteroatoms. The van der Waals surface area contributed by atoms with E-state index in [1.54, 1.807) is 43.2 Å². The van der Waals surface area contributed by atoms with Crippen LogP contribution in [0.5, 0.6) is 0 Å². The number of rotatable bonds is 5. The van der Waals surface area contributed by atoms with Gasteiger partial charge in [-0.25, -0.2) is 4.39 Å². The number of hydrogen-bond acceptors (Lipinski definition) is 4. The SMILES string of the molecule is Fc1cc(-c2cn[nH]c2)c(-c2cc(-c3cn[nH]c3)ccc2-c2cn[nH]c2)cc1-c1cn[nH]c1. The number of halogens is 1. The van der Waals surface area contributed by atoms with Gasteiger partial charge in [-0.15, -0.1) is 0 Å². The van der Waals surface area contributed by atoms with Crippen LogP contribution in [0.1, 0.15) is 0 Å². The van der Waals surface area contributed by atoms with Crippen molar-refractivity contribution >= 4 is 0 Å². The third kappa shape index (κ3) is 3.32. The Kier molecular flexibility index (Phi) is 4.43. The lowest BCUT2D eigenvalue weighted by molar-refractivity contribution is 0.632. The lowest BCUT2D eigenvalue weighted by Crippen LogP contribution is -1.93. The van der Waals surface area contributed by atoms with Crippen molar-refractivity contribution in [3.63, 3.8) is 0 Å². The molecule has 0 atom stereocenters. The molecule has 2 aromatic carbocycles. The second-order valence-electron chi connectivity index (χ2n) is 7.59. The minimum absolute atomic E-state index is 0.341. The average molecular weight is 436 g/mol. The van der Waals surface area contributed by atoms with Gasteiger partial charge in [0, 0.05) is 52.6 Å². The summed E-state index contributed by atoms with van der Waals surface area (Å²) in [6.07, 6.45) is 14.0. The van der Waals surface area contributed by atoms with Crippen LogP contribution in [-0.4, -0.2) is 40.8 Å². The Morgan fingerprint density at radius 3 is 1.55 bits per heavy atom. The largest absolute Gasteiger partial charge is 0.285 e. The van der Waals surface area contributed by atoms with E-state index in [-0.39, 0.29) is 5.82 Å². The van der Waals surface area contributed by atoms with Crippen LogP contribution in [0.4, 0.5) is 4.39 Å². The zero-order valence-corrected chi connectivity index (χ0v) is 17.2. The molecular formula is C24H17FN8. The maximum absolute atomic E-state index is 15.3. The lowest BCUT2D eigenvalue weighted by atomic mass is 9.87. The Morgan fingerprint density at radius 1 is 0.455 bits per heavy atom. The fraction of sp³-hybridized carbons (Fsp3) is 0. The van der Waals surface area contributed by atoms with Crippen LogP contribution in [0, 0.1) is 5.82 Å². The number of nitrogens with zero attached hydrogens (tertiary/aromatic N) is 4. The molecule has 0 saturated heterocycles. The van der Waals surface area contributed by atoms with Gasteiger partial charge in [0.2, 0.25) is 0 Å². The molecule has 0 aliphatic rings. The summed E-state index contributed by atoms with van der Waals surface area (Å²) in [5.74, 6) is -0.341. The molecule has 0 radical (unpaired) electrons. The lowest BCUT2D eigenvalue weighted by Gasteiger charge is -2.16. The quantitative estimate of drug-likeness (QED) is 0.303. The Morgan fingerprint density at radius 2 is 0.970 bits per heavy atom. The van der Waals surface area contributed by atoms with Gasteiger partial charge in [0.25, 0.3) is 0 Å². The van der Waals surface area contributed by atoms with Crippen molar-refractivity contribution in [1.82, 2.24) is 40.8 Å². The molecule has 0 spiro atoms. The van der Waals surface area contributed by atoms with E-state index in [4.69, 9.17) is 0 Å². The average Bonchev–Trinajstić information content (AvgIpc) is 3.67. The van der Waals surface area contributed by atoms with Crippen LogP contribution < -0.4 is 0 Å². The molecule has 33 heavy (non-hydrogen) atoms. The summed E-state index contributed by atoms with van der Waals surface area (Å²) >= 11 is 0. The standard InChI is InChI=1S/C24H17FN8/c25-24-5-20(17-10-30-31-11-17)23(4-21(24)18-12-32-33-13-18)22-3-14(15-6-26-27-7-15)1-2-19(22)16-8-28-29-9-16/h1-13H,(H,26,27)(H,28,29)(H,30,31)(H,32,33). The van der Waals surface area contributed by atoms with Crippen molar-refractivity contribution in [3.05, 3.63) is 85.7 Å². The molecule has 0 aliphatic heterocycles. The third-order valence-corrected chi connectivity index (χ3v) is 5.68. The summed E-state index contributed by atoms with van der Waals surface area (Å²) in [4.78, 5) is 0. The zero-order chi connectivity index (χ0) is 22.2. The van der Waals surface area contributed by atoms with E-state index in [2.05, 4.69) is 46.9 Å².